The predicted molar refractivity (Wildman–Crippen MR) is 66.3 cm³/mol. The Bertz CT molecular complexity index is 189. The zero-order chi connectivity index (χ0) is 12.6. The number of amides is 1. The molecule has 1 N–H and O–H groups in total. The van der Waals surface area contributed by atoms with Crippen LogP contribution in [0.5, 0.6) is 0 Å². The highest BCUT2D eigenvalue weighted by Crippen LogP contribution is 1.98. The van der Waals surface area contributed by atoms with Crippen molar-refractivity contribution >= 4 is 5.91 Å². The summed E-state index contributed by atoms with van der Waals surface area (Å²) in [5.41, 5.74) is 0. The molecule has 0 aliphatic heterocycles. The maximum Gasteiger partial charge on any atom is 0.236 e. The number of nitrogens with zero attached hydrogens (tertiary/aromatic N) is 2. The van der Waals surface area contributed by atoms with E-state index in [0.717, 1.165) is 25.9 Å². The lowest BCUT2D eigenvalue weighted by Gasteiger charge is -2.25. The number of carbonyl (C=O) groups excluding carboxylic acids is 1. The van der Waals surface area contributed by atoms with Gasteiger partial charge in [0.25, 0.3) is 0 Å². The summed E-state index contributed by atoms with van der Waals surface area (Å²) in [4.78, 5) is 15.7. The van der Waals surface area contributed by atoms with Crippen molar-refractivity contribution in [2.24, 2.45) is 0 Å². The zero-order valence-electron chi connectivity index (χ0n) is 11.1. The average Bonchev–Trinajstić information content (AvgIpc) is 2.15. The molecule has 0 spiro atoms. The molecule has 0 fully saturated rings. The number of aliphatic hydroxyl groups is 1. The van der Waals surface area contributed by atoms with Crippen LogP contribution in [0, 0.1) is 0 Å². The van der Waals surface area contributed by atoms with Crippen LogP contribution in [0.3, 0.4) is 0 Å². The van der Waals surface area contributed by atoms with Gasteiger partial charge in [0.1, 0.15) is 0 Å². The van der Waals surface area contributed by atoms with Gasteiger partial charge in [-0.3, -0.25) is 9.69 Å². The number of likely N-dealkylation sites (N-methyl/N-ethyl adjacent to an activating group) is 1. The van der Waals surface area contributed by atoms with E-state index in [2.05, 4.69) is 13.8 Å². The van der Waals surface area contributed by atoms with Gasteiger partial charge in [-0.2, -0.15) is 0 Å². The van der Waals surface area contributed by atoms with Gasteiger partial charge >= 0.3 is 0 Å². The van der Waals surface area contributed by atoms with Gasteiger partial charge in [-0.15, -0.1) is 0 Å². The third-order valence-corrected chi connectivity index (χ3v) is 2.32. The van der Waals surface area contributed by atoms with Crippen molar-refractivity contribution in [1.82, 2.24) is 9.80 Å². The highest BCUT2D eigenvalue weighted by Gasteiger charge is 2.14. The maximum atomic E-state index is 11.9. The van der Waals surface area contributed by atoms with E-state index >= 15 is 0 Å². The van der Waals surface area contributed by atoms with Crippen LogP contribution in [0.25, 0.3) is 0 Å². The SMILES string of the molecule is CCCN(CCC)C(=O)CN(C)CC(C)O. The van der Waals surface area contributed by atoms with Crippen molar-refractivity contribution in [3.8, 4) is 0 Å². The summed E-state index contributed by atoms with van der Waals surface area (Å²) in [5, 5.41) is 9.21. The minimum Gasteiger partial charge on any atom is -0.392 e. The van der Waals surface area contributed by atoms with Crippen LogP contribution in [-0.4, -0.2) is 60.1 Å². The molecular weight excluding hydrogens is 204 g/mol. The van der Waals surface area contributed by atoms with E-state index in [9.17, 15) is 9.90 Å². The highest BCUT2D eigenvalue weighted by atomic mass is 16.3. The largest absolute Gasteiger partial charge is 0.392 e. The lowest BCUT2D eigenvalue weighted by Crippen LogP contribution is -2.41. The number of rotatable bonds is 8. The first-order valence-corrected chi connectivity index (χ1v) is 6.15. The fraction of sp³-hybridized carbons (Fsp3) is 0.917. The van der Waals surface area contributed by atoms with Crippen LogP contribution in [0.2, 0.25) is 0 Å². The van der Waals surface area contributed by atoms with Gasteiger partial charge in [0, 0.05) is 19.6 Å². The number of carbonyl (C=O) groups is 1. The molecular formula is C12H26N2O2. The van der Waals surface area contributed by atoms with E-state index in [1.807, 2.05) is 16.8 Å². The van der Waals surface area contributed by atoms with E-state index < -0.39 is 0 Å². The normalized spacial score (nSPS) is 12.9. The Morgan fingerprint density at radius 3 is 2.12 bits per heavy atom. The molecule has 0 saturated heterocycles. The summed E-state index contributed by atoms with van der Waals surface area (Å²) < 4.78 is 0. The van der Waals surface area contributed by atoms with Crippen LogP contribution >= 0.6 is 0 Å². The quantitative estimate of drug-likeness (QED) is 0.675. The van der Waals surface area contributed by atoms with Gasteiger partial charge in [0.05, 0.1) is 12.6 Å². The van der Waals surface area contributed by atoms with Crippen LogP contribution in [0.1, 0.15) is 33.6 Å². The summed E-state index contributed by atoms with van der Waals surface area (Å²) >= 11 is 0. The topological polar surface area (TPSA) is 43.8 Å². The fourth-order valence-corrected chi connectivity index (χ4v) is 1.75. The summed E-state index contributed by atoms with van der Waals surface area (Å²) in [5.74, 6) is 0.159. The molecule has 1 unspecified atom stereocenters. The minimum atomic E-state index is -0.386. The number of aliphatic hydroxyl groups excluding tert-OH is 1. The summed E-state index contributed by atoms with van der Waals surface area (Å²) in [7, 11) is 1.86. The molecule has 0 aliphatic carbocycles. The highest BCUT2D eigenvalue weighted by molar-refractivity contribution is 5.78. The predicted octanol–water partition coefficient (Wildman–Crippen LogP) is 0.948. The first kappa shape index (κ1) is 15.4. The van der Waals surface area contributed by atoms with Crippen molar-refractivity contribution in [1.29, 1.82) is 0 Å². The first-order valence-electron chi connectivity index (χ1n) is 6.15. The fourth-order valence-electron chi connectivity index (χ4n) is 1.75. The standard InChI is InChI=1S/C12H26N2O2/c1-5-7-14(8-6-2)12(16)10-13(4)9-11(3)15/h11,15H,5-10H2,1-4H3. The second-order valence-corrected chi connectivity index (χ2v) is 4.43. The molecule has 0 aromatic carbocycles. The van der Waals surface area contributed by atoms with Gasteiger partial charge < -0.3 is 10.0 Å². The Kier molecular flexibility index (Phi) is 8.21. The summed E-state index contributed by atoms with van der Waals surface area (Å²) in [6, 6.07) is 0. The van der Waals surface area contributed by atoms with Crippen molar-refractivity contribution in [2.75, 3.05) is 33.2 Å². The molecule has 0 heterocycles. The molecule has 0 aliphatic rings. The monoisotopic (exact) mass is 230 g/mol. The number of hydrogen-bond donors (Lipinski definition) is 1. The van der Waals surface area contributed by atoms with E-state index in [4.69, 9.17) is 0 Å². The Hall–Kier alpha value is -0.610. The smallest absolute Gasteiger partial charge is 0.236 e. The van der Waals surface area contributed by atoms with Crippen molar-refractivity contribution < 1.29 is 9.90 Å². The van der Waals surface area contributed by atoms with Crippen molar-refractivity contribution in [3.63, 3.8) is 0 Å². The van der Waals surface area contributed by atoms with E-state index in [1.165, 1.54) is 0 Å². The van der Waals surface area contributed by atoms with Crippen LogP contribution in [0.4, 0.5) is 0 Å². The molecule has 4 heteroatoms. The third kappa shape index (κ3) is 6.80. The molecule has 0 radical (unpaired) electrons. The first-order chi connectivity index (χ1) is 7.51. The Morgan fingerprint density at radius 2 is 1.75 bits per heavy atom. The molecule has 1 amide bonds. The molecule has 4 nitrogen and oxygen atoms in total. The summed E-state index contributed by atoms with van der Waals surface area (Å²) in [6.45, 7) is 8.48. The molecule has 0 bridgehead atoms. The molecule has 0 rings (SSSR count). The maximum absolute atomic E-state index is 11.9. The van der Waals surface area contributed by atoms with Crippen LogP contribution in [0.15, 0.2) is 0 Å². The molecule has 0 saturated carbocycles. The average molecular weight is 230 g/mol. The van der Waals surface area contributed by atoms with E-state index in [0.29, 0.717) is 13.1 Å². The third-order valence-electron chi connectivity index (χ3n) is 2.32. The Morgan fingerprint density at radius 1 is 1.25 bits per heavy atom. The van der Waals surface area contributed by atoms with E-state index in [1.54, 1.807) is 6.92 Å². The second-order valence-electron chi connectivity index (χ2n) is 4.43. The molecule has 0 aromatic rings. The van der Waals surface area contributed by atoms with Gasteiger partial charge in [0.15, 0.2) is 0 Å². The lowest BCUT2D eigenvalue weighted by atomic mass is 10.3. The second kappa shape index (κ2) is 8.53. The van der Waals surface area contributed by atoms with Crippen molar-refractivity contribution in [3.05, 3.63) is 0 Å². The molecule has 0 aromatic heterocycles. The zero-order valence-corrected chi connectivity index (χ0v) is 11.1. The Labute approximate surface area is 99.2 Å². The van der Waals surface area contributed by atoms with Crippen LogP contribution < -0.4 is 0 Å². The van der Waals surface area contributed by atoms with E-state index in [-0.39, 0.29) is 12.0 Å². The van der Waals surface area contributed by atoms with Crippen LogP contribution in [-0.2, 0) is 4.79 Å². The lowest BCUT2D eigenvalue weighted by molar-refractivity contribution is -0.132. The Balaban J connectivity index is 4.07. The van der Waals surface area contributed by atoms with Gasteiger partial charge in [-0.25, -0.2) is 0 Å². The molecule has 16 heavy (non-hydrogen) atoms. The van der Waals surface area contributed by atoms with Crippen molar-refractivity contribution in [2.45, 2.75) is 39.7 Å². The minimum absolute atomic E-state index is 0.159. The van der Waals surface area contributed by atoms with Gasteiger partial charge in [-0.1, -0.05) is 13.8 Å². The molecule has 1 atom stereocenters. The van der Waals surface area contributed by atoms with Gasteiger partial charge in [-0.05, 0) is 26.8 Å². The van der Waals surface area contributed by atoms with Gasteiger partial charge in [0.2, 0.25) is 5.91 Å². The molecule has 96 valence electrons. The number of hydrogen-bond acceptors (Lipinski definition) is 3. The summed E-state index contributed by atoms with van der Waals surface area (Å²) in [6.07, 6.45) is 1.60.